The van der Waals surface area contributed by atoms with Gasteiger partial charge in [0.2, 0.25) is 0 Å². The molecule has 0 amide bonds. The van der Waals surface area contributed by atoms with Crippen molar-refractivity contribution in [3.63, 3.8) is 0 Å². The summed E-state index contributed by atoms with van der Waals surface area (Å²) in [4.78, 5) is 0. The van der Waals surface area contributed by atoms with Gasteiger partial charge in [0.15, 0.2) is 0 Å². The van der Waals surface area contributed by atoms with E-state index in [0.717, 1.165) is 37.6 Å². The second-order valence-electron chi connectivity index (χ2n) is 10.7. The van der Waals surface area contributed by atoms with Crippen molar-refractivity contribution in [2.75, 3.05) is 26.4 Å². The van der Waals surface area contributed by atoms with Crippen molar-refractivity contribution in [3.8, 4) is 22.6 Å². The Morgan fingerprint density at radius 3 is 1.49 bits per heavy atom. The Hall–Kier alpha value is -3.60. The molecule has 4 nitrogen and oxygen atoms in total. The quantitative estimate of drug-likeness (QED) is 0.192. The molecule has 4 heteroatoms. The van der Waals surface area contributed by atoms with Crippen LogP contribution in [0.15, 0.2) is 84.9 Å². The van der Waals surface area contributed by atoms with E-state index in [2.05, 4.69) is 98.8 Å². The minimum Gasteiger partial charge on any atom is -0.491 e. The Balaban J connectivity index is 1.43. The Morgan fingerprint density at radius 2 is 1.08 bits per heavy atom. The van der Waals surface area contributed by atoms with Gasteiger partial charge in [0, 0.05) is 0 Å². The van der Waals surface area contributed by atoms with E-state index in [9.17, 15) is 0 Å². The Kier molecular flexibility index (Phi) is 6.18. The summed E-state index contributed by atoms with van der Waals surface area (Å²) in [5, 5.41) is 0. The van der Waals surface area contributed by atoms with E-state index in [0.29, 0.717) is 13.2 Å². The van der Waals surface area contributed by atoms with Crippen molar-refractivity contribution in [3.05, 3.63) is 118 Å². The molecule has 2 saturated heterocycles. The number of epoxide rings is 2. The van der Waals surface area contributed by atoms with E-state index in [-0.39, 0.29) is 12.2 Å². The summed E-state index contributed by atoms with van der Waals surface area (Å²) in [6, 6.07) is 31.3. The molecule has 0 bridgehead atoms. The normalized spacial score (nSPS) is 19.7. The van der Waals surface area contributed by atoms with Crippen LogP contribution in [0.2, 0.25) is 0 Å². The van der Waals surface area contributed by atoms with Gasteiger partial charge in [-0.3, -0.25) is 0 Å². The van der Waals surface area contributed by atoms with Gasteiger partial charge in [-0.1, -0.05) is 86.6 Å². The molecule has 2 aliphatic heterocycles. The minimum atomic E-state index is -0.447. The number of hydrogen-bond acceptors (Lipinski definition) is 4. The molecule has 7 rings (SSSR count). The van der Waals surface area contributed by atoms with Crippen molar-refractivity contribution in [1.29, 1.82) is 0 Å². The molecule has 0 spiro atoms. The molecule has 2 fully saturated rings. The smallest absolute Gasteiger partial charge is 0.122 e. The van der Waals surface area contributed by atoms with Crippen molar-refractivity contribution in [2.24, 2.45) is 0 Å². The zero-order valence-electron chi connectivity index (χ0n) is 22.6. The van der Waals surface area contributed by atoms with Crippen molar-refractivity contribution < 1.29 is 18.9 Å². The highest BCUT2D eigenvalue weighted by molar-refractivity contribution is 5.86. The molecule has 2 heterocycles. The molecular weight excluding hydrogens is 484 g/mol. The number of fused-ring (bicyclic) bond motifs is 3. The van der Waals surface area contributed by atoms with Gasteiger partial charge in [-0.15, -0.1) is 0 Å². The number of hydrogen-bond donors (Lipinski definition) is 0. The molecule has 2 unspecified atom stereocenters. The summed E-state index contributed by atoms with van der Waals surface area (Å²) in [6.45, 7) is 7.21. The summed E-state index contributed by atoms with van der Waals surface area (Å²) >= 11 is 0. The number of rotatable bonds is 10. The number of aryl methyl sites for hydroxylation is 2. The van der Waals surface area contributed by atoms with Crippen LogP contribution in [0.5, 0.6) is 11.5 Å². The maximum absolute atomic E-state index is 6.20. The Labute approximate surface area is 230 Å². The standard InChI is InChI=1S/C35H34O4/c1-3-23-17-25(13-15-33(23)38-21-27-19-36-27)35(26-14-16-34(24(4-2)18-26)39-22-28-20-37-28)31-11-7-5-9-29(31)30-10-6-8-12-32(30)35/h5-18,27-28H,3-4,19-22H2,1-2H3. The Morgan fingerprint density at radius 1 is 0.641 bits per heavy atom. The highest BCUT2D eigenvalue weighted by Crippen LogP contribution is 2.56. The average molecular weight is 519 g/mol. The van der Waals surface area contributed by atoms with Gasteiger partial charge < -0.3 is 18.9 Å². The van der Waals surface area contributed by atoms with E-state index in [4.69, 9.17) is 18.9 Å². The van der Waals surface area contributed by atoms with Crippen LogP contribution in [0.4, 0.5) is 0 Å². The van der Waals surface area contributed by atoms with Crippen LogP contribution < -0.4 is 9.47 Å². The first-order chi connectivity index (χ1) is 19.2. The van der Waals surface area contributed by atoms with Gasteiger partial charge in [-0.2, -0.15) is 0 Å². The molecule has 198 valence electrons. The molecule has 0 aromatic heterocycles. The number of ether oxygens (including phenoxy) is 4. The summed E-state index contributed by atoms with van der Waals surface area (Å²) in [7, 11) is 0. The van der Waals surface area contributed by atoms with Crippen LogP contribution in [-0.2, 0) is 27.7 Å². The van der Waals surface area contributed by atoms with Gasteiger partial charge in [-0.25, -0.2) is 0 Å². The van der Waals surface area contributed by atoms with Crippen LogP contribution in [0, 0.1) is 0 Å². The van der Waals surface area contributed by atoms with Crippen LogP contribution in [-0.4, -0.2) is 38.6 Å². The first-order valence-corrected chi connectivity index (χ1v) is 14.2. The van der Waals surface area contributed by atoms with Gasteiger partial charge in [-0.05, 0) is 69.5 Å². The summed E-state index contributed by atoms with van der Waals surface area (Å²) in [5.74, 6) is 1.90. The third-order valence-electron chi connectivity index (χ3n) is 8.36. The third-order valence-corrected chi connectivity index (χ3v) is 8.36. The maximum Gasteiger partial charge on any atom is 0.122 e. The van der Waals surface area contributed by atoms with Crippen molar-refractivity contribution >= 4 is 0 Å². The first-order valence-electron chi connectivity index (χ1n) is 14.2. The van der Waals surface area contributed by atoms with E-state index in [1.165, 1.54) is 44.5 Å². The second-order valence-corrected chi connectivity index (χ2v) is 10.7. The monoisotopic (exact) mass is 518 g/mol. The zero-order chi connectivity index (χ0) is 26.4. The summed E-state index contributed by atoms with van der Waals surface area (Å²) < 4.78 is 23.2. The van der Waals surface area contributed by atoms with E-state index in [1.807, 2.05) is 0 Å². The molecule has 0 radical (unpaired) electrons. The van der Waals surface area contributed by atoms with E-state index < -0.39 is 5.41 Å². The average Bonchev–Trinajstić information content (AvgIpc) is 3.93. The van der Waals surface area contributed by atoms with E-state index in [1.54, 1.807) is 0 Å². The molecule has 3 aliphatic rings. The Bertz CT molecular complexity index is 1400. The highest BCUT2D eigenvalue weighted by Gasteiger charge is 2.46. The molecule has 0 saturated carbocycles. The van der Waals surface area contributed by atoms with Crippen LogP contribution >= 0.6 is 0 Å². The van der Waals surface area contributed by atoms with Gasteiger partial charge in [0.25, 0.3) is 0 Å². The van der Waals surface area contributed by atoms with Gasteiger partial charge in [0.1, 0.15) is 36.9 Å². The van der Waals surface area contributed by atoms with Gasteiger partial charge >= 0.3 is 0 Å². The molecule has 0 N–H and O–H groups in total. The molecular formula is C35H34O4. The predicted octanol–water partition coefficient (Wildman–Crippen LogP) is 6.73. The molecule has 2 atom stereocenters. The van der Waals surface area contributed by atoms with Crippen LogP contribution in [0.25, 0.3) is 11.1 Å². The van der Waals surface area contributed by atoms with E-state index >= 15 is 0 Å². The summed E-state index contributed by atoms with van der Waals surface area (Å²) in [6.07, 6.45) is 2.25. The van der Waals surface area contributed by atoms with Crippen molar-refractivity contribution in [1.82, 2.24) is 0 Å². The number of benzene rings is 4. The molecule has 4 aromatic rings. The molecule has 1 aliphatic carbocycles. The minimum absolute atomic E-state index is 0.231. The largest absolute Gasteiger partial charge is 0.491 e. The molecule has 4 aromatic carbocycles. The lowest BCUT2D eigenvalue weighted by Gasteiger charge is -2.35. The first kappa shape index (κ1) is 24.4. The fraction of sp³-hybridized carbons (Fsp3) is 0.314. The topological polar surface area (TPSA) is 43.5 Å². The third kappa shape index (κ3) is 4.23. The zero-order valence-corrected chi connectivity index (χ0v) is 22.6. The molecule has 39 heavy (non-hydrogen) atoms. The fourth-order valence-corrected chi connectivity index (χ4v) is 6.18. The summed E-state index contributed by atoms with van der Waals surface area (Å²) in [5.41, 5.74) is 9.72. The predicted molar refractivity (Wildman–Crippen MR) is 153 cm³/mol. The lowest BCUT2D eigenvalue weighted by Crippen LogP contribution is -2.29. The SMILES string of the molecule is CCc1cc(C2(c3ccc(OCC4CO4)c(CC)c3)c3ccccc3-c3ccccc32)ccc1OCC1CO1. The second kappa shape index (κ2) is 9.86. The maximum atomic E-state index is 6.20. The van der Waals surface area contributed by atoms with Crippen molar-refractivity contribution in [2.45, 2.75) is 44.3 Å². The van der Waals surface area contributed by atoms with Crippen LogP contribution in [0.1, 0.15) is 47.2 Å². The van der Waals surface area contributed by atoms with Crippen LogP contribution in [0.3, 0.4) is 0 Å². The lowest BCUT2D eigenvalue weighted by atomic mass is 9.67. The highest BCUT2D eigenvalue weighted by atomic mass is 16.6. The fourth-order valence-electron chi connectivity index (χ4n) is 6.18. The lowest BCUT2D eigenvalue weighted by molar-refractivity contribution is 0.261. The van der Waals surface area contributed by atoms with Gasteiger partial charge in [0.05, 0.1) is 18.6 Å².